The lowest BCUT2D eigenvalue weighted by molar-refractivity contribution is 0.724. The Hall–Kier alpha value is -2.88. The summed E-state index contributed by atoms with van der Waals surface area (Å²) in [5.74, 6) is 1.61. The van der Waals surface area contributed by atoms with Crippen LogP contribution in [0.4, 0.5) is 0 Å². The van der Waals surface area contributed by atoms with Crippen molar-refractivity contribution < 1.29 is 0 Å². The SMILES string of the molecule is CC(C)c1cccc2nc(CC(C)c3cccc4cncnc34)ncc12. The Balaban J connectivity index is 1.68. The minimum Gasteiger partial charge on any atom is -0.244 e. The fourth-order valence-corrected chi connectivity index (χ4v) is 3.54. The lowest BCUT2D eigenvalue weighted by atomic mass is 9.95. The third-order valence-electron chi connectivity index (χ3n) is 4.92. The highest BCUT2D eigenvalue weighted by Gasteiger charge is 2.14. The van der Waals surface area contributed by atoms with Gasteiger partial charge in [0.15, 0.2) is 0 Å². The fourth-order valence-electron chi connectivity index (χ4n) is 3.54. The van der Waals surface area contributed by atoms with E-state index in [1.54, 1.807) is 6.33 Å². The largest absolute Gasteiger partial charge is 0.244 e. The normalized spacial score (nSPS) is 12.8. The van der Waals surface area contributed by atoms with Gasteiger partial charge in [0.25, 0.3) is 0 Å². The molecule has 0 fully saturated rings. The number of nitrogens with zero attached hydrogens (tertiary/aromatic N) is 4. The number of fused-ring (bicyclic) bond motifs is 2. The van der Waals surface area contributed by atoms with Gasteiger partial charge in [-0.2, -0.15) is 0 Å². The molecule has 1 atom stereocenters. The van der Waals surface area contributed by atoms with Crippen molar-refractivity contribution in [2.24, 2.45) is 0 Å². The van der Waals surface area contributed by atoms with E-state index in [-0.39, 0.29) is 5.92 Å². The molecule has 0 N–H and O–H groups in total. The summed E-state index contributed by atoms with van der Waals surface area (Å²) in [6.07, 6.45) is 6.23. The molecule has 0 spiro atoms. The Morgan fingerprint density at radius 2 is 1.69 bits per heavy atom. The summed E-state index contributed by atoms with van der Waals surface area (Å²) < 4.78 is 0. The van der Waals surface area contributed by atoms with Crippen LogP contribution < -0.4 is 0 Å². The summed E-state index contributed by atoms with van der Waals surface area (Å²) >= 11 is 0. The number of hydrogen-bond donors (Lipinski definition) is 0. The maximum absolute atomic E-state index is 4.82. The van der Waals surface area contributed by atoms with Crippen molar-refractivity contribution in [3.05, 3.63) is 72.1 Å². The zero-order valence-corrected chi connectivity index (χ0v) is 15.3. The molecule has 0 aliphatic rings. The maximum Gasteiger partial charge on any atom is 0.129 e. The molecule has 2 aromatic carbocycles. The third-order valence-corrected chi connectivity index (χ3v) is 4.92. The van der Waals surface area contributed by atoms with Crippen LogP contribution in [0, 0.1) is 0 Å². The summed E-state index contributed by atoms with van der Waals surface area (Å²) in [5.41, 5.74) is 4.55. The minimum absolute atomic E-state index is 0.277. The highest BCUT2D eigenvalue weighted by molar-refractivity contribution is 5.82. The summed E-state index contributed by atoms with van der Waals surface area (Å²) in [7, 11) is 0. The molecular weight excluding hydrogens is 320 g/mol. The van der Waals surface area contributed by atoms with Gasteiger partial charge in [0, 0.05) is 29.6 Å². The van der Waals surface area contributed by atoms with Gasteiger partial charge in [-0.3, -0.25) is 0 Å². The first-order chi connectivity index (χ1) is 12.6. The van der Waals surface area contributed by atoms with Gasteiger partial charge in [-0.15, -0.1) is 0 Å². The zero-order chi connectivity index (χ0) is 18.1. The average molecular weight is 342 g/mol. The van der Waals surface area contributed by atoms with Crippen LogP contribution in [0.1, 0.15) is 49.6 Å². The molecule has 4 nitrogen and oxygen atoms in total. The van der Waals surface area contributed by atoms with E-state index in [0.29, 0.717) is 5.92 Å². The van der Waals surface area contributed by atoms with Gasteiger partial charge >= 0.3 is 0 Å². The first kappa shape index (κ1) is 16.6. The van der Waals surface area contributed by atoms with E-state index in [9.17, 15) is 0 Å². The number of para-hydroxylation sites is 1. The lowest BCUT2D eigenvalue weighted by Gasteiger charge is -2.14. The minimum atomic E-state index is 0.277. The predicted octanol–water partition coefficient (Wildman–Crippen LogP) is 5.04. The summed E-state index contributed by atoms with van der Waals surface area (Å²) in [5, 5.41) is 2.22. The zero-order valence-electron chi connectivity index (χ0n) is 15.3. The predicted molar refractivity (Wildman–Crippen MR) is 105 cm³/mol. The molecule has 2 heterocycles. The average Bonchev–Trinajstić information content (AvgIpc) is 2.66. The summed E-state index contributed by atoms with van der Waals surface area (Å²) in [6.45, 7) is 6.61. The van der Waals surface area contributed by atoms with Crippen molar-refractivity contribution in [1.29, 1.82) is 0 Å². The van der Waals surface area contributed by atoms with Crippen molar-refractivity contribution in [3.63, 3.8) is 0 Å². The molecule has 0 radical (unpaired) electrons. The third kappa shape index (κ3) is 3.03. The molecule has 2 aromatic heterocycles. The Labute approximate surface area is 153 Å². The van der Waals surface area contributed by atoms with Crippen molar-refractivity contribution in [3.8, 4) is 0 Å². The van der Waals surface area contributed by atoms with Crippen LogP contribution in [0.3, 0.4) is 0 Å². The van der Waals surface area contributed by atoms with Gasteiger partial charge in [0.2, 0.25) is 0 Å². The van der Waals surface area contributed by atoms with Crippen molar-refractivity contribution in [2.75, 3.05) is 0 Å². The second kappa shape index (κ2) is 6.79. The van der Waals surface area contributed by atoms with Gasteiger partial charge in [-0.05, 0) is 29.0 Å². The van der Waals surface area contributed by atoms with Gasteiger partial charge in [-0.1, -0.05) is 51.1 Å². The number of benzene rings is 2. The molecule has 0 amide bonds. The van der Waals surface area contributed by atoms with Crippen LogP contribution in [0.25, 0.3) is 21.8 Å². The molecule has 0 aliphatic carbocycles. The van der Waals surface area contributed by atoms with Crippen LogP contribution in [0.5, 0.6) is 0 Å². The van der Waals surface area contributed by atoms with Crippen LogP contribution in [0.2, 0.25) is 0 Å². The van der Waals surface area contributed by atoms with Crippen LogP contribution >= 0.6 is 0 Å². The van der Waals surface area contributed by atoms with Gasteiger partial charge < -0.3 is 0 Å². The number of rotatable bonds is 4. The van der Waals surface area contributed by atoms with E-state index in [0.717, 1.165) is 34.1 Å². The highest BCUT2D eigenvalue weighted by Crippen LogP contribution is 2.27. The molecule has 0 saturated heterocycles. The van der Waals surface area contributed by atoms with Crippen molar-refractivity contribution in [1.82, 2.24) is 19.9 Å². The van der Waals surface area contributed by atoms with E-state index in [4.69, 9.17) is 4.98 Å². The van der Waals surface area contributed by atoms with Crippen LogP contribution in [-0.2, 0) is 6.42 Å². The van der Waals surface area contributed by atoms with Gasteiger partial charge in [0.1, 0.15) is 12.2 Å². The molecule has 0 saturated carbocycles. The topological polar surface area (TPSA) is 51.6 Å². The first-order valence-corrected chi connectivity index (χ1v) is 9.06. The molecule has 4 rings (SSSR count). The highest BCUT2D eigenvalue weighted by atomic mass is 14.9. The molecule has 26 heavy (non-hydrogen) atoms. The Morgan fingerprint density at radius 3 is 2.54 bits per heavy atom. The first-order valence-electron chi connectivity index (χ1n) is 9.06. The molecule has 4 heteroatoms. The molecule has 0 aliphatic heterocycles. The second-order valence-corrected chi connectivity index (χ2v) is 7.13. The van der Waals surface area contributed by atoms with Crippen LogP contribution in [0.15, 0.2) is 55.1 Å². The van der Waals surface area contributed by atoms with E-state index < -0.39 is 0 Å². The summed E-state index contributed by atoms with van der Waals surface area (Å²) in [6, 6.07) is 12.6. The monoisotopic (exact) mass is 342 g/mol. The molecule has 1 unspecified atom stereocenters. The van der Waals surface area contributed by atoms with E-state index in [2.05, 4.69) is 66.1 Å². The smallest absolute Gasteiger partial charge is 0.129 e. The molecular formula is C22H22N4. The van der Waals surface area contributed by atoms with E-state index in [1.807, 2.05) is 18.5 Å². The van der Waals surface area contributed by atoms with Crippen molar-refractivity contribution >= 4 is 21.8 Å². The van der Waals surface area contributed by atoms with Crippen molar-refractivity contribution in [2.45, 2.75) is 39.0 Å². The number of hydrogen-bond acceptors (Lipinski definition) is 4. The maximum atomic E-state index is 4.82. The quantitative estimate of drug-likeness (QED) is 0.521. The molecule has 0 bridgehead atoms. The number of aromatic nitrogens is 4. The van der Waals surface area contributed by atoms with E-state index >= 15 is 0 Å². The second-order valence-electron chi connectivity index (χ2n) is 7.13. The Bertz CT molecular complexity index is 1070. The standard InChI is InChI=1S/C22H22N4/c1-14(2)17-7-5-9-20-19(17)12-24-21(26-20)10-15(3)18-8-4-6-16-11-23-13-25-22(16)18/h4-9,11-15H,10H2,1-3H3. The lowest BCUT2D eigenvalue weighted by Crippen LogP contribution is -2.05. The Morgan fingerprint density at radius 1 is 0.885 bits per heavy atom. The van der Waals surface area contributed by atoms with Gasteiger partial charge in [0.05, 0.1) is 11.0 Å². The fraction of sp³-hybridized carbons (Fsp3) is 0.273. The molecule has 130 valence electrons. The van der Waals surface area contributed by atoms with Gasteiger partial charge in [-0.25, -0.2) is 19.9 Å². The van der Waals surface area contributed by atoms with Crippen LogP contribution in [-0.4, -0.2) is 19.9 Å². The summed E-state index contributed by atoms with van der Waals surface area (Å²) in [4.78, 5) is 18.1. The molecule has 4 aromatic rings. The Kier molecular flexibility index (Phi) is 4.33. The van der Waals surface area contributed by atoms with E-state index in [1.165, 1.54) is 11.1 Å².